The average Bonchev–Trinajstić information content (AvgIpc) is 3.38. The Morgan fingerprint density at radius 1 is 0.900 bits per heavy atom. The third-order valence-electron chi connectivity index (χ3n) is 7.70. The van der Waals surface area contributed by atoms with Crippen molar-refractivity contribution in [2.45, 2.75) is 18.8 Å². The Morgan fingerprint density at radius 3 is 2.20 bits per heavy atom. The Balaban J connectivity index is 1.12. The molecular weight excluding hydrogens is 543 g/mol. The molecule has 0 spiro atoms. The minimum atomic E-state index is -3.78. The van der Waals surface area contributed by atoms with Crippen molar-refractivity contribution in [2.24, 2.45) is 5.92 Å². The molecule has 0 atom stereocenters. The summed E-state index contributed by atoms with van der Waals surface area (Å²) in [5, 5.41) is 0.404. The van der Waals surface area contributed by atoms with Crippen LogP contribution in [0.4, 0.5) is 13.2 Å². The van der Waals surface area contributed by atoms with Crippen molar-refractivity contribution in [3.63, 3.8) is 0 Å². The van der Waals surface area contributed by atoms with Gasteiger partial charge in [0, 0.05) is 24.5 Å². The Morgan fingerprint density at radius 2 is 1.55 bits per heavy atom. The van der Waals surface area contributed by atoms with Crippen molar-refractivity contribution >= 4 is 32.7 Å². The monoisotopic (exact) mass is 567 g/mol. The molecule has 4 aromatic rings. The molecule has 1 fully saturated rings. The van der Waals surface area contributed by atoms with Gasteiger partial charge in [0.05, 0.1) is 28.1 Å². The summed E-state index contributed by atoms with van der Waals surface area (Å²) in [4.78, 5) is 29.0. The van der Waals surface area contributed by atoms with Crippen LogP contribution in [0, 0.1) is 23.4 Å². The number of hydrogen-bond acceptors (Lipinski definition) is 4. The molecule has 7 nitrogen and oxygen atoms in total. The number of rotatable bonds is 8. The summed E-state index contributed by atoms with van der Waals surface area (Å²) in [5.41, 5.74) is 2.60. The van der Waals surface area contributed by atoms with Gasteiger partial charge in [-0.1, -0.05) is 12.1 Å². The predicted octanol–water partition coefficient (Wildman–Crippen LogP) is 4.96. The zero-order chi connectivity index (χ0) is 28.2. The van der Waals surface area contributed by atoms with Crippen molar-refractivity contribution in [2.75, 3.05) is 18.8 Å². The molecule has 0 radical (unpaired) electrons. The highest BCUT2D eigenvalue weighted by Crippen LogP contribution is 2.48. The molecule has 2 aliphatic rings. The van der Waals surface area contributed by atoms with E-state index < -0.39 is 45.0 Å². The number of carbonyl (C=O) groups excluding carboxylic acids is 2. The largest absolute Gasteiger partial charge is 0.352 e. The standard InChI is InChI=1S/C29H24F3N3O4S/c30-19-7-5-17(6-8-19)26-25(23-13-20(31)14-24(32)27(23)34-26)18-11-16(12-18)15-33-40(38,39)10-9-35-28(36)21-3-1-2-4-22(21)29(35)37/h1-8,13-14,16,18,33-34H,9-12,15H2/t16-,18-. The number of aromatic amines is 1. The first-order chi connectivity index (χ1) is 19.1. The molecule has 11 heteroatoms. The number of aromatic nitrogens is 1. The first kappa shape index (κ1) is 26.3. The number of nitrogens with zero attached hydrogens (tertiary/aromatic N) is 1. The number of carbonyl (C=O) groups is 2. The molecule has 6 rings (SSSR count). The van der Waals surface area contributed by atoms with Gasteiger partial charge in [0.2, 0.25) is 10.0 Å². The van der Waals surface area contributed by atoms with E-state index in [4.69, 9.17) is 0 Å². The van der Waals surface area contributed by atoms with Crippen molar-refractivity contribution in [3.8, 4) is 11.3 Å². The van der Waals surface area contributed by atoms with Gasteiger partial charge >= 0.3 is 0 Å². The first-order valence-corrected chi connectivity index (χ1v) is 14.5. The van der Waals surface area contributed by atoms with Gasteiger partial charge in [-0.25, -0.2) is 26.3 Å². The number of fused-ring (bicyclic) bond motifs is 2. The maximum atomic E-state index is 14.6. The van der Waals surface area contributed by atoms with E-state index in [1.165, 1.54) is 30.3 Å². The van der Waals surface area contributed by atoms with E-state index in [0.29, 0.717) is 35.0 Å². The lowest BCUT2D eigenvalue weighted by atomic mass is 9.70. The molecule has 206 valence electrons. The fraction of sp³-hybridized carbons (Fsp3) is 0.241. The van der Waals surface area contributed by atoms with Gasteiger partial charge < -0.3 is 4.98 Å². The summed E-state index contributed by atoms with van der Waals surface area (Å²) in [6, 6.07) is 14.1. The van der Waals surface area contributed by atoms with E-state index >= 15 is 0 Å². The van der Waals surface area contributed by atoms with Crippen LogP contribution in [0.5, 0.6) is 0 Å². The molecule has 2 heterocycles. The van der Waals surface area contributed by atoms with Crippen molar-refractivity contribution < 1.29 is 31.2 Å². The van der Waals surface area contributed by atoms with Gasteiger partial charge in [-0.15, -0.1) is 0 Å². The first-order valence-electron chi connectivity index (χ1n) is 12.8. The molecular formula is C29H24F3N3O4S. The van der Waals surface area contributed by atoms with E-state index in [-0.39, 0.29) is 41.6 Å². The number of amides is 2. The maximum Gasteiger partial charge on any atom is 0.261 e. The van der Waals surface area contributed by atoms with Crippen LogP contribution in [0.15, 0.2) is 60.7 Å². The molecule has 1 aliphatic carbocycles. The van der Waals surface area contributed by atoms with Gasteiger partial charge in [0.15, 0.2) is 0 Å². The quantitative estimate of drug-likeness (QED) is 0.294. The SMILES string of the molecule is O=C1c2ccccc2C(=O)N1CCS(=O)(=O)NC[C@H]1C[C@H](c2c(-c3ccc(F)cc3)[nH]c3c(F)cc(F)cc32)C1. The fourth-order valence-corrected chi connectivity index (χ4v) is 6.67. The van der Waals surface area contributed by atoms with Crippen molar-refractivity contribution in [1.29, 1.82) is 0 Å². The summed E-state index contributed by atoms with van der Waals surface area (Å²) in [5.74, 6) is -3.43. The highest BCUT2D eigenvalue weighted by molar-refractivity contribution is 7.89. The minimum absolute atomic E-state index is 0.0245. The van der Waals surface area contributed by atoms with Crippen LogP contribution in [-0.4, -0.2) is 49.0 Å². The molecule has 1 saturated carbocycles. The van der Waals surface area contributed by atoms with E-state index in [9.17, 15) is 31.2 Å². The molecule has 40 heavy (non-hydrogen) atoms. The van der Waals surface area contributed by atoms with Gasteiger partial charge in [-0.05, 0) is 78.3 Å². The highest BCUT2D eigenvalue weighted by atomic mass is 32.2. The number of H-pyrrole nitrogens is 1. The number of imide groups is 1. The number of hydrogen-bond donors (Lipinski definition) is 2. The van der Waals surface area contributed by atoms with Crippen molar-refractivity contribution in [3.05, 3.63) is 94.8 Å². The fourth-order valence-electron chi connectivity index (χ4n) is 5.62. The van der Waals surface area contributed by atoms with Crippen LogP contribution in [0.3, 0.4) is 0 Å². The maximum absolute atomic E-state index is 14.6. The Bertz CT molecular complexity index is 1730. The van der Waals surface area contributed by atoms with E-state index in [1.54, 1.807) is 24.3 Å². The van der Waals surface area contributed by atoms with Crippen LogP contribution >= 0.6 is 0 Å². The van der Waals surface area contributed by atoms with Gasteiger partial charge in [-0.3, -0.25) is 14.5 Å². The lowest BCUT2D eigenvalue weighted by Crippen LogP contribution is -2.40. The minimum Gasteiger partial charge on any atom is -0.352 e. The second kappa shape index (κ2) is 9.90. The van der Waals surface area contributed by atoms with Gasteiger partial charge in [0.1, 0.15) is 17.5 Å². The molecule has 3 aromatic carbocycles. The summed E-state index contributed by atoms with van der Waals surface area (Å²) in [6.07, 6.45) is 1.14. The van der Waals surface area contributed by atoms with E-state index in [0.717, 1.165) is 11.0 Å². The lowest BCUT2D eigenvalue weighted by Gasteiger charge is -2.36. The number of sulfonamides is 1. The average molecular weight is 568 g/mol. The lowest BCUT2D eigenvalue weighted by molar-refractivity contribution is 0.0664. The van der Waals surface area contributed by atoms with Crippen LogP contribution in [0.2, 0.25) is 0 Å². The second-order valence-electron chi connectivity index (χ2n) is 10.2. The van der Waals surface area contributed by atoms with Crippen LogP contribution < -0.4 is 4.72 Å². The molecule has 2 N–H and O–H groups in total. The Labute approximate surface area is 228 Å². The van der Waals surface area contributed by atoms with Crippen LogP contribution in [0.25, 0.3) is 22.2 Å². The summed E-state index contributed by atoms with van der Waals surface area (Å²) >= 11 is 0. The third-order valence-corrected chi connectivity index (χ3v) is 9.02. The Hall–Kier alpha value is -3.96. The third kappa shape index (κ3) is 4.69. The van der Waals surface area contributed by atoms with Crippen molar-refractivity contribution in [1.82, 2.24) is 14.6 Å². The molecule has 0 saturated heterocycles. The molecule has 0 bridgehead atoms. The predicted molar refractivity (Wildman–Crippen MR) is 143 cm³/mol. The number of nitrogens with one attached hydrogen (secondary N) is 2. The zero-order valence-electron chi connectivity index (χ0n) is 21.1. The Kier molecular flexibility index (Phi) is 6.50. The summed E-state index contributed by atoms with van der Waals surface area (Å²) in [6.45, 7) is -0.111. The normalized spacial score (nSPS) is 18.8. The van der Waals surface area contributed by atoms with Crippen LogP contribution in [0.1, 0.15) is 45.0 Å². The van der Waals surface area contributed by atoms with Crippen LogP contribution in [-0.2, 0) is 10.0 Å². The number of halogens is 3. The van der Waals surface area contributed by atoms with Gasteiger partial charge in [0.25, 0.3) is 11.8 Å². The molecule has 1 aromatic heterocycles. The smallest absolute Gasteiger partial charge is 0.261 e. The van der Waals surface area contributed by atoms with Gasteiger partial charge in [-0.2, -0.15) is 0 Å². The molecule has 0 unspecified atom stereocenters. The highest BCUT2D eigenvalue weighted by Gasteiger charge is 2.37. The summed E-state index contributed by atoms with van der Waals surface area (Å²) < 4.78 is 70.1. The molecule has 2 amide bonds. The van der Waals surface area contributed by atoms with E-state index in [2.05, 4.69) is 9.71 Å². The topological polar surface area (TPSA) is 99.3 Å². The summed E-state index contributed by atoms with van der Waals surface area (Å²) in [7, 11) is -3.78. The molecule has 1 aliphatic heterocycles. The number of benzene rings is 3. The van der Waals surface area contributed by atoms with E-state index in [1.807, 2.05) is 0 Å². The second-order valence-corrected chi connectivity index (χ2v) is 12.2. The zero-order valence-corrected chi connectivity index (χ0v) is 21.9.